The van der Waals surface area contributed by atoms with Crippen LogP contribution in [0.4, 0.5) is 13.2 Å². The van der Waals surface area contributed by atoms with Gasteiger partial charge in [0.25, 0.3) is 0 Å². The lowest BCUT2D eigenvalue weighted by atomic mass is 9.94. The second-order valence-corrected chi connectivity index (χ2v) is 5.20. The number of nitrogens with zero attached hydrogens (tertiary/aromatic N) is 4. The number of hydrogen-bond donors (Lipinski definition) is 1. The monoisotopic (exact) mass is 313 g/mol. The first kappa shape index (κ1) is 16.4. The number of alkyl halides is 3. The summed E-state index contributed by atoms with van der Waals surface area (Å²) in [5.74, 6) is 0. The Morgan fingerprint density at radius 3 is 2.68 bits per heavy atom. The minimum Gasteiger partial charge on any atom is -0.400 e. The number of rotatable bonds is 2. The third-order valence-corrected chi connectivity index (χ3v) is 3.85. The first-order chi connectivity index (χ1) is 10.3. The van der Waals surface area contributed by atoms with Crippen molar-refractivity contribution in [2.75, 3.05) is 20.6 Å². The van der Waals surface area contributed by atoms with E-state index in [-0.39, 0.29) is 11.7 Å². The fourth-order valence-corrected chi connectivity index (χ4v) is 2.39. The third-order valence-electron chi connectivity index (χ3n) is 3.85. The highest BCUT2D eigenvalue weighted by molar-refractivity contribution is 6.11. The van der Waals surface area contributed by atoms with Gasteiger partial charge in [-0.3, -0.25) is 14.9 Å². The smallest absolute Gasteiger partial charge is 0.400 e. The quantitative estimate of drug-likeness (QED) is 0.846. The van der Waals surface area contributed by atoms with Gasteiger partial charge in [-0.2, -0.15) is 13.2 Å². The van der Waals surface area contributed by atoms with Crippen molar-refractivity contribution >= 4 is 5.71 Å². The van der Waals surface area contributed by atoms with E-state index in [4.69, 9.17) is 5.73 Å². The Morgan fingerprint density at radius 1 is 1.41 bits per heavy atom. The molecule has 2 heterocycles. The molecule has 1 aromatic rings. The largest absolute Gasteiger partial charge is 0.434 e. The summed E-state index contributed by atoms with van der Waals surface area (Å²) in [6.45, 7) is 2.70. The molecule has 8 heteroatoms. The van der Waals surface area contributed by atoms with Crippen molar-refractivity contribution in [3.8, 4) is 0 Å². The maximum Gasteiger partial charge on any atom is 0.434 e. The molecule has 0 aromatic carbocycles. The first-order valence-electron chi connectivity index (χ1n) is 6.81. The molecule has 1 unspecified atom stereocenters. The van der Waals surface area contributed by atoms with E-state index < -0.39 is 11.9 Å². The summed E-state index contributed by atoms with van der Waals surface area (Å²) in [6, 6.07) is -0.000687. The van der Waals surface area contributed by atoms with Crippen LogP contribution in [-0.2, 0) is 6.18 Å². The van der Waals surface area contributed by atoms with Gasteiger partial charge >= 0.3 is 6.18 Å². The maximum absolute atomic E-state index is 12.8. The van der Waals surface area contributed by atoms with Gasteiger partial charge in [0.15, 0.2) is 5.69 Å². The Kier molecular flexibility index (Phi) is 4.50. The zero-order valence-electron chi connectivity index (χ0n) is 12.6. The minimum atomic E-state index is -4.54. The van der Waals surface area contributed by atoms with Crippen molar-refractivity contribution in [2.24, 2.45) is 10.7 Å². The molecule has 0 bridgehead atoms. The summed E-state index contributed by atoms with van der Waals surface area (Å²) < 4.78 is 38.3. The van der Waals surface area contributed by atoms with E-state index in [0.717, 1.165) is 12.1 Å². The van der Waals surface area contributed by atoms with Crippen LogP contribution in [-0.4, -0.2) is 47.3 Å². The zero-order valence-corrected chi connectivity index (χ0v) is 12.6. The van der Waals surface area contributed by atoms with E-state index >= 15 is 0 Å². The van der Waals surface area contributed by atoms with E-state index in [1.165, 1.54) is 13.2 Å². The molecule has 0 aliphatic carbocycles. The predicted octanol–water partition coefficient (Wildman–Crippen LogP) is 1.85. The van der Waals surface area contributed by atoms with Gasteiger partial charge in [-0.15, -0.1) is 0 Å². The summed E-state index contributed by atoms with van der Waals surface area (Å²) in [4.78, 5) is 13.5. The van der Waals surface area contributed by atoms with E-state index in [0.29, 0.717) is 24.0 Å². The predicted molar refractivity (Wildman–Crippen MR) is 77.4 cm³/mol. The molecule has 0 radical (unpaired) electrons. The topological polar surface area (TPSA) is 67.4 Å². The minimum absolute atomic E-state index is 0.000687. The van der Waals surface area contributed by atoms with Crippen LogP contribution in [0, 0.1) is 0 Å². The molecule has 1 aliphatic rings. The van der Waals surface area contributed by atoms with E-state index in [2.05, 4.69) is 19.9 Å². The highest BCUT2D eigenvalue weighted by Crippen LogP contribution is 2.28. The molecular weight excluding hydrogens is 295 g/mol. The number of hydrogen-bond acceptors (Lipinski definition) is 5. The van der Waals surface area contributed by atoms with Crippen molar-refractivity contribution in [1.82, 2.24) is 14.9 Å². The number of likely N-dealkylation sites (N-methyl/N-ethyl adjacent to an activating group) is 1. The second-order valence-electron chi connectivity index (χ2n) is 5.20. The molecule has 120 valence electrons. The van der Waals surface area contributed by atoms with Crippen LogP contribution >= 0.6 is 0 Å². The van der Waals surface area contributed by atoms with E-state index in [1.807, 2.05) is 14.0 Å². The Bertz CT molecular complexity index is 621. The lowest BCUT2D eigenvalue weighted by Gasteiger charge is -2.32. The number of halogens is 3. The molecule has 2 N–H and O–H groups in total. The van der Waals surface area contributed by atoms with Gasteiger partial charge in [0.1, 0.15) is 5.69 Å². The van der Waals surface area contributed by atoms with Crippen molar-refractivity contribution in [3.05, 3.63) is 35.1 Å². The SMILES string of the molecule is CN=C(C1=C(N)C(C)N(C)CC1)c1cncc(C(F)(F)F)n1. The molecular formula is C14H18F3N5. The molecule has 0 fully saturated rings. The van der Waals surface area contributed by atoms with Gasteiger partial charge in [0, 0.05) is 30.9 Å². The van der Waals surface area contributed by atoms with Crippen LogP contribution in [0.15, 0.2) is 28.7 Å². The van der Waals surface area contributed by atoms with Crippen LogP contribution in [0.1, 0.15) is 24.7 Å². The Hall–Kier alpha value is -1.96. The summed E-state index contributed by atoms with van der Waals surface area (Å²) in [5.41, 5.74) is 6.91. The van der Waals surface area contributed by atoms with Crippen molar-refractivity contribution in [2.45, 2.75) is 25.6 Å². The molecule has 0 saturated carbocycles. The van der Waals surface area contributed by atoms with Gasteiger partial charge in [-0.25, -0.2) is 4.98 Å². The molecule has 1 atom stereocenters. The fourth-order valence-electron chi connectivity index (χ4n) is 2.39. The molecule has 5 nitrogen and oxygen atoms in total. The van der Waals surface area contributed by atoms with Crippen molar-refractivity contribution < 1.29 is 13.2 Å². The Labute approximate surface area is 126 Å². The molecule has 1 aliphatic heterocycles. The van der Waals surface area contributed by atoms with Gasteiger partial charge < -0.3 is 5.73 Å². The molecule has 0 amide bonds. The Morgan fingerprint density at radius 2 is 2.09 bits per heavy atom. The summed E-state index contributed by atoms with van der Waals surface area (Å²) in [5, 5.41) is 0. The van der Waals surface area contributed by atoms with Gasteiger partial charge in [-0.05, 0) is 20.4 Å². The van der Waals surface area contributed by atoms with Crippen LogP contribution < -0.4 is 5.73 Å². The van der Waals surface area contributed by atoms with E-state index in [9.17, 15) is 13.2 Å². The average Bonchev–Trinajstić information content (AvgIpc) is 2.47. The van der Waals surface area contributed by atoms with Gasteiger partial charge in [0.2, 0.25) is 0 Å². The van der Waals surface area contributed by atoms with Gasteiger partial charge in [0.05, 0.1) is 18.1 Å². The molecule has 2 rings (SSSR count). The average molecular weight is 313 g/mol. The highest BCUT2D eigenvalue weighted by atomic mass is 19.4. The summed E-state index contributed by atoms with van der Waals surface area (Å²) in [6.07, 6.45) is -1.95. The highest BCUT2D eigenvalue weighted by Gasteiger charge is 2.34. The number of nitrogens with two attached hydrogens (primary N) is 1. The lowest BCUT2D eigenvalue weighted by Crippen LogP contribution is -2.40. The summed E-state index contributed by atoms with van der Waals surface area (Å²) in [7, 11) is 3.46. The van der Waals surface area contributed by atoms with E-state index in [1.54, 1.807) is 0 Å². The lowest BCUT2D eigenvalue weighted by molar-refractivity contribution is -0.141. The number of aromatic nitrogens is 2. The second kappa shape index (κ2) is 6.04. The number of aliphatic imine (C=N–C) groups is 1. The Balaban J connectivity index is 2.46. The van der Waals surface area contributed by atoms with Crippen LogP contribution in [0.3, 0.4) is 0 Å². The van der Waals surface area contributed by atoms with Crippen molar-refractivity contribution in [3.63, 3.8) is 0 Å². The molecule has 0 spiro atoms. The van der Waals surface area contributed by atoms with Crippen LogP contribution in [0.25, 0.3) is 0 Å². The van der Waals surface area contributed by atoms with Crippen molar-refractivity contribution in [1.29, 1.82) is 0 Å². The van der Waals surface area contributed by atoms with Gasteiger partial charge in [-0.1, -0.05) is 0 Å². The maximum atomic E-state index is 12.8. The zero-order chi connectivity index (χ0) is 16.5. The first-order valence-corrected chi connectivity index (χ1v) is 6.81. The molecule has 1 aromatic heterocycles. The third kappa shape index (κ3) is 3.11. The van der Waals surface area contributed by atoms with Crippen LogP contribution in [0.5, 0.6) is 0 Å². The normalized spacial score (nSPS) is 21.4. The molecule has 0 saturated heterocycles. The van der Waals surface area contributed by atoms with Crippen LogP contribution in [0.2, 0.25) is 0 Å². The fraction of sp³-hybridized carbons (Fsp3) is 0.500. The standard InChI is InChI=1S/C14H18F3N5/c1-8-12(18)9(4-5-22(8)3)13(19-2)10-6-20-7-11(21-10)14(15,16)17/h6-8H,4-5,18H2,1-3H3. The summed E-state index contributed by atoms with van der Waals surface area (Å²) >= 11 is 0. The molecule has 22 heavy (non-hydrogen) atoms.